The molecule has 0 fully saturated rings. The van der Waals surface area contributed by atoms with E-state index in [0.717, 1.165) is 10.8 Å². The molecule has 0 saturated heterocycles. The summed E-state index contributed by atoms with van der Waals surface area (Å²) in [6.07, 6.45) is 1.57. The molecule has 1 N–H and O–H groups in total. The third kappa shape index (κ3) is 1.74. The van der Waals surface area contributed by atoms with Gasteiger partial charge < -0.3 is 9.72 Å². The Hall–Kier alpha value is -2.10. The van der Waals surface area contributed by atoms with Crippen molar-refractivity contribution in [3.8, 4) is 0 Å². The predicted molar refractivity (Wildman–Crippen MR) is 55.9 cm³/mol. The molecular weight excluding hydrogens is 194 g/mol. The first kappa shape index (κ1) is 9.45. The minimum Gasteiger partial charge on any atom is -0.465 e. The number of hydrogen-bond donors (Lipinski definition) is 1. The summed E-state index contributed by atoms with van der Waals surface area (Å²) in [7, 11) is 1.33. The first-order valence-corrected chi connectivity index (χ1v) is 4.41. The minimum atomic E-state index is -0.386. The first-order valence-electron chi connectivity index (χ1n) is 4.41. The second-order valence-electron chi connectivity index (χ2n) is 3.13. The van der Waals surface area contributed by atoms with Crippen LogP contribution < -0.4 is 5.56 Å². The Morgan fingerprint density at radius 1 is 1.27 bits per heavy atom. The number of benzene rings is 1. The average molecular weight is 203 g/mol. The maximum atomic E-state index is 11.2. The van der Waals surface area contributed by atoms with Gasteiger partial charge in [0.15, 0.2) is 0 Å². The largest absolute Gasteiger partial charge is 0.465 e. The maximum absolute atomic E-state index is 11.2. The number of aromatic nitrogens is 1. The van der Waals surface area contributed by atoms with Crippen molar-refractivity contribution in [2.75, 3.05) is 7.11 Å². The predicted octanol–water partition coefficient (Wildman–Crippen LogP) is 1.31. The zero-order chi connectivity index (χ0) is 10.8. The second kappa shape index (κ2) is 3.57. The molecule has 0 amide bonds. The molecule has 4 nitrogen and oxygen atoms in total. The highest BCUT2D eigenvalue weighted by atomic mass is 16.5. The van der Waals surface area contributed by atoms with Crippen molar-refractivity contribution in [1.82, 2.24) is 4.98 Å². The summed E-state index contributed by atoms with van der Waals surface area (Å²) in [5.41, 5.74) is 0.311. The van der Waals surface area contributed by atoms with Gasteiger partial charge in [-0.3, -0.25) is 4.79 Å². The van der Waals surface area contributed by atoms with E-state index in [2.05, 4.69) is 9.72 Å². The van der Waals surface area contributed by atoms with Crippen LogP contribution in [0.2, 0.25) is 0 Å². The highest BCUT2D eigenvalue weighted by Gasteiger charge is 2.05. The van der Waals surface area contributed by atoms with E-state index in [9.17, 15) is 9.59 Å². The Morgan fingerprint density at radius 2 is 2.07 bits per heavy atom. The number of carbonyl (C=O) groups excluding carboxylic acids is 1. The van der Waals surface area contributed by atoms with Crippen molar-refractivity contribution < 1.29 is 9.53 Å². The van der Waals surface area contributed by atoms with E-state index in [-0.39, 0.29) is 11.5 Å². The highest BCUT2D eigenvalue weighted by molar-refractivity contribution is 5.94. The number of fused-ring (bicyclic) bond motifs is 1. The number of aromatic amines is 1. The average Bonchev–Trinajstić information content (AvgIpc) is 2.27. The van der Waals surface area contributed by atoms with E-state index >= 15 is 0 Å². The molecule has 1 aromatic carbocycles. The number of methoxy groups -OCH3 is 1. The van der Waals surface area contributed by atoms with E-state index in [1.807, 2.05) is 0 Å². The van der Waals surface area contributed by atoms with Crippen LogP contribution in [0.3, 0.4) is 0 Å². The lowest BCUT2D eigenvalue weighted by Crippen LogP contribution is -2.04. The molecule has 1 aromatic heterocycles. The zero-order valence-corrected chi connectivity index (χ0v) is 8.11. The number of hydrogen-bond acceptors (Lipinski definition) is 3. The van der Waals surface area contributed by atoms with Gasteiger partial charge in [0, 0.05) is 12.3 Å². The van der Waals surface area contributed by atoms with Gasteiger partial charge in [0.1, 0.15) is 0 Å². The standard InChI is InChI=1S/C11H9NO3/c1-15-11(14)8-3-2-7-5-10(13)12-6-9(7)4-8/h2-6H,1H3,(H,12,13). The van der Waals surface area contributed by atoms with Crippen LogP contribution in [0.5, 0.6) is 0 Å². The summed E-state index contributed by atoms with van der Waals surface area (Å²) < 4.78 is 4.60. The summed E-state index contributed by atoms with van der Waals surface area (Å²) in [5.74, 6) is -0.386. The molecular formula is C11H9NO3. The fourth-order valence-corrected chi connectivity index (χ4v) is 1.41. The number of carbonyl (C=O) groups is 1. The van der Waals surface area contributed by atoms with Gasteiger partial charge in [-0.25, -0.2) is 4.79 Å². The van der Waals surface area contributed by atoms with Crippen LogP contribution in [0.15, 0.2) is 35.3 Å². The van der Waals surface area contributed by atoms with Crippen molar-refractivity contribution in [3.05, 3.63) is 46.4 Å². The van der Waals surface area contributed by atoms with Crippen molar-refractivity contribution in [2.45, 2.75) is 0 Å². The van der Waals surface area contributed by atoms with Crippen molar-refractivity contribution in [2.24, 2.45) is 0 Å². The molecule has 1 heterocycles. The monoisotopic (exact) mass is 203 g/mol. The van der Waals surface area contributed by atoms with Crippen LogP contribution in [0.1, 0.15) is 10.4 Å². The molecule has 0 bridgehead atoms. The lowest BCUT2D eigenvalue weighted by Gasteiger charge is -2.00. The van der Waals surface area contributed by atoms with E-state index in [1.54, 1.807) is 24.4 Å². The minimum absolute atomic E-state index is 0.159. The second-order valence-corrected chi connectivity index (χ2v) is 3.13. The van der Waals surface area contributed by atoms with Crippen molar-refractivity contribution in [3.63, 3.8) is 0 Å². The third-order valence-corrected chi connectivity index (χ3v) is 2.16. The topological polar surface area (TPSA) is 59.2 Å². The van der Waals surface area contributed by atoms with Gasteiger partial charge in [-0.1, -0.05) is 6.07 Å². The van der Waals surface area contributed by atoms with E-state index in [0.29, 0.717) is 5.56 Å². The van der Waals surface area contributed by atoms with E-state index in [4.69, 9.17) is 0 Å². The molecule has 0 aliphatic heterocycles. The van der Waals surface area contributed by atoms with Gasteiger partial charge in [0.25, 0.3) is 0 Å². The first-order chi connectivity index (χ1) is 7.20. The fraction of sp³-hybridized carbons (Fsp3) is 0.0909. The molecule has 0 aliphatic rings. The number of pyridine rings is 1. The Bertz CT molecular complexity index is 571. The molecule has 15 heavy (non-hydrogen) atoms. The smallest absolute Gasteiger partial charge is 0.337 e. The SMILES string of the molecule is COC(=O)c1ccc2cc(=O)[nH]cc2c1. The van der Waals surface area contributed by atoms with E-state index < -0.39 is 0 Å². The molecule has 76 valence electrons. The van der Waals surface area contributed by atoms with Crippen LogP contribution in [0, 0.1) is 0 Å². The lowest BCUT2D eigenvalue weighted by molar-refractivity contribution is 0.0601. The number of rotatable bonds is 1. The summed E-state index contributed by atoms with van der Waals surface area (Å²) >= 11 is 0. The molecule has 0 saturated carbocycles. The normalized spacial score (nSPS) is 10.2. The molecule has 0 spiro atoms. The van der Waals surface area contributed by atoms with Crippen LogP contribution in [-0.4, -0.2) is 18.1 Å². The van der Waals surface area contributed by atoms with Crippen LogP contribution >= 0.6 is 0 Å². The summed E-state index contributed by atoms with van der Waals surface area (Å²) in [5, 5.41) is 1.60. The van der Waals surface area contributed by atoms with Gasteiger partial charge >= 0.3 is 5.97 Å². The van der Waals surface area contributed by atoms with Gasteiger partial charge in [-0.15, -0.1) is 0 Å². The number of esters is 1. The molecule has 0 unspecified atom stereocenters. The maximum Gasteiger partial charge on any atom is 0.337 e. The lowest BCUT2D eigenvalue weighted by atomic mass is 10.1. The number of nitrogens with one attached hydrogen (secondary N) is 1. The quantitative estimate of drug-likeness (QED) is 0.711. The Kier molecular flexibility index (Phi) is 2.25. The van der Waals surface area contributed by atoms with Crippen molar-refractivity contribution >= 4 is 16.7 Å². The summed E-state index contributed by atoms with van der Waals surface area (Å²) in [6.45, 7) is 0. The molecule has 2 rings (SSSR count). The zero-order valence-electron chi connectivity index (χ0n) is 8.11. The molecule has 0 radical (unpaired) electrons. The Labute approximate surface area is 85.5 Å². The molecule has 2 aromatic rings. The summed E-state index contributed by atoms with van der Waals surface area (Å²) in [6, 6.07) is 6.51. The fourth-order valence-electron chi connectivity index (χ4n) is 1.41. The summed E-state index contributed by atoms with van der Waals surface area (Å²) in [4.78, 5) is 24.8. The van der Waals surface area contributed by atoms with Crippen LogP contribution in [0.4, 0.5) is 0 Å². The van der Waals surface area contributed by atoms with Crippen molar-refractivity contribution in [1.29, 1.82) is 0 Å². The van der Waals surface area contributed by atoms with Gasteiger partial charge in [0.05, 0.1) is 12.7 Å². The Morgan fingerprint density at radius 3 is 2.80 bits per heavy atom. The van der Waals surface area contributed by atoms with Gasteiger partial charge in [0.2, 0.25) is 5.56 Å². The molecule has 0 atom stereocenters. The van der Waals surface area contributed by atoms with Gasteiger partial charge in [-0.05, 0) is 22.9 Å². The highest BCUT2D eigenvalue weighted by Crippen LogP contribution is 2.13. The number of H-pyrrole nitrogens is 1. The Balaban J connectivity index is 2.62. The third-order valence-electron chi connectivity index (χ3n) is 2.16. The van der Waals surface area contributed by atoms with E-state index in [1.165, 1.54) is 13.2 Å². The number of ether oxygens (including phenoxy) is 1. The molecule has 0 aliphatic carbocycles. The van der Waals surface area contributed by atoms with Crippen LogP contribution in [-0.2, 0) is 4.74 Å². The molecule has 4 heteroatoms. The van der Waals surface area contributed by atoms with Gasteiger partial charge in [-0.2, -0.15) is 0 Å². The van der Waals surface area contributed by atoms with Crippen LogP contribution in [0.25, 0.3) is 10.8 Å².